The molecule has 0 aliphatic rings. The topological polar surface area (TPSA) is 128 Å². The van der Waals surface area contributed by atoms with E-state index in [-0.39, 0.29) is 19.7 Å². The van der Waals surface area contributed by atoms with E-state index in [2.05, 4.69) is 0 Å². The number of hydrogen-bond acceptors (Lipinski definition) is 3. The van der Waals surface area contributed by atoms with Crippen molar-refractivity contribution < 1.29 is 13.3 Å². The van der Waals surface area contributed by atoms with Gasteiger partial charge in [-0.05, 0) is 0 Å². The Balaban J connectivity index is -0.0000000150. The van der Waals surface area contributed by atoms with Gasteiger partial charge in [0.1, 0.15) is 0 Å². The highest BCUT2D eigenvalue weighted by molar-refractivity contribution is 7.73. The van der Waals surface area contributed by atoms with E-state index >= 15 is 0 Å². The first-order valence-electron chi connectivity index (χ1n) is 0.532. The normalized spacial score (nSPS) is 5.00. The molecule has 0 radical (unpaired) electrons. The quantitative estimate of drug-likeness (QED) is 0.359. The molecule has 0 rings (SSSR count). The smallest absolute Gasteiger partial charge is 0.299 e. The Morgan fingerprint density at radius 1 is 1.14 bits per heavy atom. The van der Waals surface area contributed by atoms with Gasteiger partial charge < -0.3 is 12.3 Å². The largest absolute Gasteiger partial charge is 0.344 e. The van der Waals surface area contributed by atoms with Crippen LogP contribution < -0.4 is 12.3 Å². The van der Waals surface area contributed by atoms with Gasteiger partial charge >= 0.3 is 0 Å². The summed E-state index contributed by atoms with van der Waals surface area (Å²) in [6, 6.07) is 0. The molecular formula is CH12N2O3S. The van der Waals surface area contributed by atoms with Crippen LogP contribution in [0.5, 0.6) is 0 Å². The van der Waals surface area contributed by atoms with E-state index in [1.54, 1.807) is 0 Å². The molecule has 0 aliphatic heterocycles. The van der Waals surface area contributed by atoms with E-state index in [9.17, 15) is 0 Å². The van der Waals surface area contributed by atoms with Crippen LogP contribution in [-0.4, -0.2) is 13.3 Å². The first-order chi connectivity index (χ1) is 1.73. The molecule has 0 heterocycles. The van der Waals surface area contributed by atoms with Crippen LogP contribution in [0.4, 0.5) is 0 Å². The molecular weight excluding hydrogens is 120 g/mol. The summed E-state index contributed by atoms with van der Waals surface area (Å²) in [6.07, 6.45) is 0. The summed E-state index contributed by atoms with van der Waals surface area (Å²) in [5.41, 5.74) is 0. The van der Waals surface area contributed by atoms with Crippen LogP contribution in [0.1, 0.15) is 7.43 Å². The summed E-state index contributed by atoms with van der Waals surface area (Å²) < 4.78 is 22.8. The highest BCUT2D eigenvalue weighted by Crippen LogP contribution is 1.44. The van der Waals surface area contributed by atoms with Crippen molar-refractivity contribution in [3.63, 3.8) is 0 Å². The lowest BCUT2D eigenvalue weighted by atomic mass is 12.0. The SMILES string of the molecule is C.N.N.O=S(O)O. The maximum atomic E-state index is 8.67. The molecule has 0 bridgehead atoms. The molecule has 0 aliphatic carbocycles. The molecule has 0 saturated heterocycles. The highest BCUT2D eigenvalue weighted by Gasteiger charge is 1.62. The van der Waals surface area contributed by atoms with Crippen molar-refractivity contribution in [3.05, 3.63) is 0 Å². The van der Waals surface area contributed by atoms with E-state index in [1.807, 2.05) is 0 Å². The van der Waals surface area contributed by atoms with E-state index < -0.39 is 11.4 Å². The van der Waals surface area contributed by atoms with E-state index in [1.165, 1.54) is 0 Å². The van der Waals surface area contributed by atoms with Crippen LogP contribution in [-0.2, 0) is 11.4 Å². The van der Waals surface area contributed by atoms with Crippen LogP contribution in [0.15, 0.2) is 0 Å². The Morgan fingerprint density at radius 2 is 1.14 bits per heavy atom. The maximum absolute atomic E-state index is 8.67. The van der Waals surface area contributed by atoms with Gasteiger partial charge in [0.05, 0.1) is 0 Å². The molecule has 0 amide bonds. The van der Waals surface area contributed by atoms with Gasteiger partial charge in [-0.1, -0.05) is 7.43 Å². The van der Waals surface area contributed by atoms with Crippen LogP contribution in [0.2, 0.25) is 0 Å². The van der Waals surface area contributed by atoms with Gasteiger partial charge in [-0.15, -0.1) is 0 Å². The molecule has 7 heavy (non-hydrogen) atoms. The monoisotopic (exact) mass is 132 g/mol. The Kier molecular flexibility index (Phi) is 66.9. The van der Waals surface area contributed by atoms with Crippen LogP contribution >= 0.6 is 0 Å². The van der Waals surface area contributed by atoms with Crippen molar-refractivity contribution in [2.45, 2.75) is 7.43 Å². The third-order valence-electron chi connectivity index (χ3n) is 0. The summed E-state index contributed by atoms with van der Waals surface area (Å²) >= 11 is -2.61. The van der Waals surface area contributed by atoms with E-state index in [4.69, 9.17) is 13.3 Å². The van der Waals surface area contributed by atoms with Crippen molar-refractivity contribution in [2.24, 2.45) is 0 Å². The highest BCUT2D eigenvalue weighted by atomic mass is 32.2. The zero-order chi connectivity index (χ0) is 3.58. The van der Waals surface area contributed by atoms with E-state index in [0.717, 1.165) is 0 Å². The van der Waals surface area contributed by atoms with Crippen molar-refractivity contribution in [1.82, 2.24) is 12.3 Å². The predicted molar refractivity (Wildman–Crippen MR) is 30.2 cm³/mol. The van der Waals surface area contributed by atoms with Crippen molar-refractivity contribution in [3.8, 4) is 0 Å². The fourth-order valence-corrected chi connectivity index (χ4v) is 0. The summed E-state index contributed by atoms with van der Waals surface area (Å²) in [7, 11) is 0. The predicted octanol–water partition coefficient (Wildman–Crippen LogP) is 0.641. The first-order valence-corrected chi connectivity index (χ1v) is 1.60. The molecule has 0 aromatic heterocycles. The van der Waals surface area contributed by atoms with Gasteiger partial charge in [-0.25, -0.2) is 0 Å². The zero-order valence-electron chi connectivity index (χ0n) is 3.13. The summed E-state index contributed by atoms with van der Waals surface area (Å²) in [5, 5.41) is 0. The van der Waals surface area contributed by atoms with Crippen LogP contribution in [0.25, 0.3) is 0 Å². The third-order valence-corrected chi connectivity index (χ3v) is 0. The lowest BCUT2D eigenvalue weighted by Gasteiger charge is -1.59. The summed E-state index contributed by atoms with van der Waals surface area (Å²) in [5.74, 6) is 0. The average Bonchev–Trinajstić information content (AvgIpc) is 0.811. The molecule has 8 N–H and O–H groups in total. The molecule has 6 heteroatoms. The molecule has 0 aromatic rings. The third kappa shape index (κ3) is 954000. The van der Waals surface area contributed by atoms with Gasteiger partial charge in [0, 0.05) is 0 Å². The first kappa shape index (κ1) is 28.1. The summed E-state index contributed by atoms with van der Waals surface area (Å²) in [6.45, 7) is 0. The van der Waals surface area contributed by atoms with Gasteiger partial charge in [-0.3, -0.25) is 9.11 Å². The number of rotatable bonds is 0. The Hall–Kier alpha value is -0.0100. The van der Waals surface area contributed by atoms with Crippen molar-refractivity contribution in [1.29, 1.82) is 0 Å². The van der Waals surface area contributed by atoms with Crippen LogP contribution in [0, 0.1) is 0 Å². The lowest BCUT2D eigenvalue weighted by Crippen LogP contribution is -1.74. The van der Waals surface area contributed by atoms with Gasteiger partial charge in [0.15, 0.2) is 0 Å². The second-order valence-electron chi connectivity index (χ2n) is 0.231. The minimum atomic E-state index is -2.61. The standard InChI is InChI=1S/CH4.2H3N.H2O3S/c;;;1-4(2)3/h1H4;2*1H3;(H2,1,2,3). The zero-order valence-corrected chi connectivity index (χ0v) is 3.94. The molecule has 0 aromatic carbocycles. The fourth-order valence-electron chi connectivity index (χ4n) is 0. The minimum Gasteiger partial charge on any atom is -0.344 e. The average molecular weight is 132 g/mol. The molecule has 0 atom stereocenters. The Morgan fingerprint density at radius 3 is 1.14 bits per heavy atom. The fraction of sp³-hybridized carbons (Fsp3) is 1.00. The van der Waals surface area contributed by atoms with Gasteiger partial charge in [0.25, 0.3) is 11.4 Å². The van der Waals surface area contributed by atoms with E-state index in [0.29, 0.717) is 0 Å². The molecule has 0 unspecified atom stereocenters. The molecule has 0 fully saturated rings. The van der Waals surface area contributed by atoms with Gasteiger partial charge in [0.2, 0.25) is 0 Å². The molecule has 50 valence electrons. The second-order valence-corrected chi connectivity index (χ2v) is 0.692. The molecule has 0 spiro atoms. The van der Waals surface area contributed by atoms with Crippen molar-refractivity contribution >= 4 is 11.4 Å². The second kappa shape index (κ2) is 16.7. The minimum absolute atomic E-state index is 0. The molecule has 0 saturated carbocycles. The molecule has 5 nitrogen and oxygen atoms in total. The van der Waals surface area contributed by atoms with Crippen LogP contribution in [0.3, 0.4) is 0 Å². The maximum Gasteiger partial charge on any atom is 0.299 e. The Bertz CT molecular complexity index is 35.9. The van der Waals surface area contributed by atoms with Crippen molar-refractivity contribution in [2.75, 3.05) is 0 Å². The lowest BCUT2D eigenvalue weighted by molar-refractivity contribution is 0.454. The summed E-state index contributed by atoms with van der Waals surface area (Å²) in [4.78, 5) is 0. The number of hydrogen-bond donors (Lipinski definition) is 4. The van der Waals surface area contributed by atoms with Gasteiger partial charge in [-0.2, -0.15) is 4.21 Å². The Labute approximate surface area is 45.4 Å².